The summed E-state index contributed by atoms with van der Waals surface area (Å²) in [6.45, 7) is 7.03. The normalized spacial score (nSPS) is 20.3. The van der Waals surface area contributed by atoms with E-state index in [1.165, 1.54) is 5.56 Å². The molecule has 0 saturated carbocycles. The van der Waals surface area contributed by atoms with Gasteiger partial charge in [0.2, 0.25) is 0 Å². The van der Waals surface area contributed by atoms with Crippen molar-refractivity contribution in [3.05, 3.63) is 71.8 Å². The van der Waals surface area contributed by atoms with Crippen molar-refractivity contribution < 1.29 is 0 Å². The number of amidine groups is 1. The molecule has 1 heterocycles. The molecular formula is C22H29N5. The first kappa shape index (κ1) is 19.3. The molecule has 142 valence electrons. The molecule has 2 aromatic rings. The maximum Gasteiger partial charge on any atom is 0.135 e. The molecule has 0 fully saturated rings. The SMILES string of the molecule is CCN(C)CN=C(CN)N1C[C@@](C)(c2ccccc2)C(c2ccccc2)=N1. The molecule has 5 nitrogen and oxygen atoms in total. The van der Waals surface area contributed by atoms with Gasteiger partial charge in [-0.3, -0.25) is 9.89 Å². The van der Waals surface area contributed by atoms with Gasteiger partial charge in [-0.05, 0) is 31.6 Å². The number of rotatable bonds is 6. The fourth-order valence-electron chi connectivity index (χ4n) is 3.35. The molecule has 0 aromatic heterocycles. The average Bonchev–Trinajstić information content (AvgIpc) is 3.08. The maximum atomic E-state index is 6.03. The van der Waals surface area contributed by atoms with Gasteiger partial charge in [-0.15, -0.1) is 0 Å². The summed E-state index contributed by atoms with van der Waals surface area (Å²) in [6.07, 6.45) is 0. The van der Waals surface area contributed by atoms with Gasteiger partial charge in [0.25, 0.3) is 0 Å². The molecule has 0 saturated heterocycles. The molecule has 27 heavy (non-hydrogen) atoms. The summed E-state index contributed by atoms with van der Waals surface area (Å²) in [4.78, 5) is 6.86. The van der Waals surface area contributed by atoms with Crippen molar-refractivity contribution in [1.29, 1.82) is 0 Å². The van der Waals surface area contributed by atoms with Gasteiger partial charge in [0.05, 0.1) is 30.9 Å². The maximum absolute atomic E-state index is 6.03. The molecule has 1 aliphatic heterocycles. The van der Waals surface area contributed by atoms with Gasteiger partial charge in [0.1, 0.15) is 5.84 Å². The van der Waals surface area contributed by atoms with E-state index in [1.54, 1.807) is 0 Å². The Bertz CT molecular complexity index is 800. The molecule has 2 N–H and O–H groups in total. The molecule has 0 radical (unpaired) electrons. The van der Waals surface area contributed by atoms with Gasteiger partial charge in [-0.25, -0.2) is 5.01 Å². The van der Waals surface area contributed by atoms with Crippen molar-refractivity contribution in [2.45, 2.75) is 19.3 Å². The van der Waals surface area contributed by atoms with Gasteiger partial charge in [0.15, 0.2) is 0 Å². The van der Waals surface area contributed by atoms with E-state index in [-0.39, 0.29) is 5.41 Å². The lowest BCUT2D eigenvalue weighted by atomic mass is 9.76. The van der Waals surface area contributed by atoms with Gasteiger partial charge in [-0.2, -0.15) is 5.10 Å². The van der Waals surface area contributed by atoms with Gasteiger partial charge in [-0.1, -0.05) is 67.6 Å². The molecule has 1 atom stereocenters. The lowest BCUT2D eigenvalue weighted by Gasteiger charge is -2.27. The van der Waals surface area contributed by atoms with E-state index in [9.17, 15) is 0 Å². The third-order valence-electron chi connectivity index (χ3n) is 5.18. The van der Waals surface area contributed by atoms with Crippen LogP contribution in [-0.2, 0) is 5.41 Å². The Morgan fingerprint density at radius 1 is 1.15 bits per heavy atom. The Balaban J connectivity index is 2.00. The second kappa shape index (κ2) is 8.46. The zero-order valence-electron chi connectivity index (χ0n) is 16.5. The molecule has 0 spiro atoms. The summed E-state index contributed by atoms with van der Waals surface area (Å²) in [5.41, 5.74) is 9.24. The quantitative estimate of drug-likeness (QED) is 0.634. The van der Waals surface area contributed by atoms with Gasteiger partial charge >= 0.3 is 0 Å². The Labute approximate surface area is 162 Å². The lowest BCUT2D eigenvalue weighted by Crippen LogP contribution is -2.39. The minimum Gasteiger partial charge on any atom is -0.324 e. The molecular weight excluding hydrogens is 334 g/mol. The number of nitrogens with zero attached hydrogens (tertiary/aromatic N) is 4. The fourth-order valence-corrected chi connectivity index (χ4v) is 3.35. The Morgan fingerprint density at radius 3 is 2.37 bits per heavy atom. The summed E-state index contributed by atoms with van der Waals surface area (Å²) >= 11 is 0. The summed E-state index contributed by atoms with van der Waals surface area (Å²) < 4.78 is 0. The number of benzene rings is 2. The van der Waals surface area contributed by atoms with Crippen LogP contribution in [0.3, 0.4) is 0 Å². The highest BCUT2D eigenvalue weighted by molar-refractivity contribution is 6.10. The molecule has 0 unspecified atom stereocenters. The van der Waals surface area contributed by atoms with Crippen LogP contribution in [0.15, 0.2) is 70.8 Å². The second-order valence-corrected chi connectivity index (χ2v) is 7.16. The topological polar surface area (TPSA) is 57.2 Å². The first-order chi connectivity index (χ1) is 13.1. The lowest BCUT2D eigenvalue weighted by molar-refractivity contribution is 0.358. The average molecular weight is 364 g/mol. The summed E-state index contributed by atoms with van der Waals surface area (Å²) in [7, 11) is 2.05. The van der Waals surface area contributed by atoms with Crippen LogP contribution in [0.25, 0.3) is 0 Å². The smallest absolute Gasteiger partial charge is 0.135 e. The predicted molar refractivity (Wildman–Crippen MR) is 113 cm³/mol. The van der Waals surface area contributed by atoms with Crippen LogP contribution in [0.4, 0.5) is 0 Å². The molecule has 2 aromatic carbocycles. The van der Waals surface area contributed by atoms with Crippen molar-refractivity contribution in [3.63, 3.8) is 0 Å². The zero-order valence-corrected chi connectivity index (χ0v) is 16.5. The van der Waals surface area contributed by atoms with Crippen molar-refractivity contribution >= 4 is 11.5 Å². The number of hydrogen-bond donors (Lipinski definition) is 1. The molecule has 1 aliphatic rings. The Morgan fingerprint density at radius 2 is 1.78 bits per heavy atom. The zero-order chi connectivity index (χ0) is 19.3. The Kier molecular flexibility index (Phi) is 6.04. The van der Waals surface area contributed by atoms with E-state index in [0.717, 1.165) is 30.2 Å². The minimum atomic E-state index is -0.227. The summed E-state index contributed by atoms with van der Waals surface area (Å²) in [5, 5.41) is 6.97. The Hall–Kier alpha value is -2.50. The third-order valence-corrected chi connectivity index (χ3v) is 5.18. The highest BCUT2D eigenvalue weighted by Crippen LogP contribution is 2.35. The van der Waals surface area contributed by atoms with Crippen molar-refractivity contribution in [2.75, 3.05) is 33.4 Å². The fraction of sp³-hybridized carbons (Fsp3) is 0.364. The molecule has 0 aliphatic carbocycles. The number of hydrazone groups is 1. The van der Waals surface area contributed by atoms with Crippen molar-refractivity contribution in [3.8, 4) is 0 Å². The largest absolute Gasteiger partial charge is 0.324 e. The molecule has 0 amide bonds. The number of aliphatic imine (C=N–C) groups is 1. The van der Waals surface area contributed by atoms with Crippen LogP contribution in [0.1, 0.15) is 25.0 Å². The molecule has 5 heteroatoms. The van der Waals surface area contributed by atoms with Crippen LogP contribution in [0.2, 0.25) is 0 Å². The van der Waals surface area contributed by atoms with E-state index < -0.39 is 0 Å². The summed E-state index contributed by atoms with van der Waals surface area (Å²) in [5.74, 6) is 0.823. The predicted octanol–water partition coefficient (Wildman–Crippen LogP) is 2.93. The van der Waals surface area contributed by atoms with E-state index in [2.05, 4.69) is 67.3 Å². The van der Waals surface area contributed by atoms with Crippen LogP contribution < -0.4 is 5.73 Å². The number of hydrogen-bond acceptors (Lipinski definition) is 4. The first-order valence-corrected chi connectivity index (χ1v) is 9.48. The highest BCUT2D eigenvalue weighted by Gasteiger charge is 2.41. The number of nitrogens with two attached hydrogens (primary N) is 1. The van der Waals surface area contributed by atoms with E-state index in [0.29, 0.717) is 13.2 Å². The highest BCUT2D eigenvalue weighted by atomic mass is 15.5. The third kappa shape index (κ3) is 4.10. The summed E-state index contributed by atoms with van der Waals surface area (Å²) in [6, 6.07) is 20.9. The van der Waals surface area contributed by atoms with Crippen LogP contribution in [0, 0.1) is 0 Å². The van der Waals surface area contributed by atoms with Crippen molar-refractivity contribution in [2.24, 2.45) is 15.8 Å². The van der Waals surface area contributed by atoms with Gasteiger partial charge < -0.3 is 5.73 Å². The van der Waals surface area contributed by atoms with Crippen molar-refractivity contribution in [1.82, 2.24) is 9.91 Å². The molecule has 0 bridgehead atoms. The van der Waals surface area contributed by atoms with E-state index >= 15 is 0 Å². The van der Waals surface area contributed by atoms with Crippen LogP contribution in [0.5, 0.6) is 0 Å². The van der Waals surface area contributed by atoms with Gasteiger partial charge in [0, 0.05) is 0 Å². The minimum absolute atomic E-state index is 0.227. The van der Waals surface area contributed by atoms with Crippen LogP contribution >= 0.6 is 0 Å². The van der Waals surface area contributed by atoms with E-state index in [1.807, 2.05) is 24.2 Å². The standard InChI is InChI=1S/C22H29N5/c1-4-26(3)17-24-20(15-23)27-16-22(2,19-13-9-6-10-14-19)21(25-27)18-11-7-5-8-12-18/h5-14H,4,15-17,23H2,1-3H3/t22-/m0/s1. The first-order valence-electron chi connectivity index (χ1n) is 9.48. The molecule has 3 rings (SSSR count). The van der Waals surface area contributed by atoms with Crippen LogP contribution in [-0.4, -0.2) is 54.8 Å². The van der Waals surface area contributed by atoms with E-state index in [4.69, 9.17) is 15.8 Å². The monoisotopic (exact) mass is 363 g/mol. The second-order valence-electron chi connectivity index (χ2n) is 7.16.